The monoisotopic (exact) mass is 389 g/mol. The third-order valence-electron chi connectivity index (χ3n) is 4.62. The van der Waals surface area contributed by atoms with Crippen molar-refractivity contribution in [3.05, 3.63) is 75.3 Å². The second-order valence-corrected chi connectivity index (χ2v) is 7.10. The highest BCUT2D eigenvalue weighted by molar-refractivity contribution is 7.98. The molecule has 2 aromatic carbocycles. The number of benzene rings is 2. The second kappa shape index (κ2) is 8.24. The van der Waals surface area contributed by atoms with Gasteiger partial charge in [0.1, 0.15) is 11.1 Å². The normalized spacial score (nSPS) is 10.5. The molecule has 3 aromatic rings. The molecule has 6 heteroatoms. The molecule has 0 saturated carbocycles. The standard InChI is InChI=1S/C22H19N3O2S/c1-4-16-20(17-7-5-6-8-19(17)25(26)27)18(13-23)22(28-3)24-21(16)15-11-9-14(2)10-12-15/h5-12H,4H2,1-3H3. The summed E-state index contributed by atoms with van der Waals surface area (Å²) in [4.78, 5) is 16.0. The molecule has 0 radical (unpaired) electrons. The number of aryl methyl sites for hydroxylation is 1. The van der Waals surface area contributed by atoms with E-state index >= 15 is 0 Å². The van der Waals surface area contributed by atoms with Crippen LogP contribution in [-0.2, 0) is 6.42 Å². The Labute approximate surface area is 168 Å². The number of para-hydroxylation sites is 1. The summed E-state index contributed by atoms with van der Waals surface area (Å²) in [6.45, 7) is 4.00. The van der Waals surface area contributed by atoms with Crippen LogP contribution in [0.25, 0.3) is 22.4 Å². The van der Waals surface area contributed by atoms with Gasteiger partial charge in [0, 0.05) is 17.2 Å². The van der Waals surface area contributed by atoms with E-state index in [1.165, 1.54) is 17.8 Å². The van der Waals surface area contributed by atoms with Gasteiger partial charge in [0.25, 0.3) is 5.69 Å². The molecule has 0 bridgehead atoms. The molecule has 140 valence electrons. The molecule has 0 aliphatic heterocycles. The SMILES string of the molecule is CCc1c(-c2ccc(C)cc2)nc(SC)c(C#N)c1-c1ccccc1[N+](=O)[O-]. The summed E-state index contributed by atoms with van der Waals surface area (Å²) in [5, 5.41) is 22.1. The predicted molar refractivity (Wildman–Crippen MR) is 112 cm³/mol. The van der Waals surface area contributed by atoms with Crippen molar-refractivity contribution in [1.29, 1.82) is 5.26 Å². The van der Waals surface area contributed by atoms with Gasteiger partial charge in [0.15, 0.2) is 0 Å². The van der Waals surface area contributed by atoms with E-state index in [9.17, 15) is 15.4 Å². The van der Waals surface area contributed by atoms with Crippen LogP contribution < -0.4 is 0 Å². The van der Waals surface area contributed by atoms with Crippen LogP contribution in [0.15, 0.2) is 53.6 Å². The molecule has 3 rings (SSSR count). The molecule has 0 saturated heterocycles. The second-order valence-electron chi connectivity index (χ2n) is 6.30. The molecule has 0 fully saturated rings. The topological polar surface area (TPSA) is 79.8 Å². The zero-order valence-corrected chi connectivity index (χ0v) is 16.7. The van der Waals surface area contributed by atoms with Gasteiger partial charge in [0.05, 0.1) is 21.7 Å². The molecule has 1 aromatic heterocycles. The molecule has 0 unspecified atom stereocenters. The van der Waals surface area contributed by atoms with E-state index in [0.29, 0.717) is 28.1 Å². The Morgan fingerprint density at radius 2 is 1.86 bits per heavy atom. The first-order valence-corrected chi connectivity index (χ1v) is 10.1. The Bertz CT molecular complexity index is 1090. The lowest BCUT2D eigenvalue weighted by Gasteiger charge is -2.18. The number of nitriles is 1. The number of rotatable bonds is 5. The zero-order chi connectivity index (χ0) is 20.3. The van der Waals surface area contributed by atoms with Gasteiger partial charge in [0.2, 0.25) is 0 Å². The minimum absolute atomic E-state index is 0.0122. The molecule has 0 amide bonds. The number of nitro benzene ring substituents is 1. The lowest BCUT2D eigenvalue weighted by Crippen LogP contribution is -2.04. The summed E-state index contributed by atoms with van der Waals surface area (Å²) in [5.41, 5.74) is 5.10. The fraction of sp³-hybridized carbons (Fsp3) is 0.182. The van der Waals surface area contributed by atoms with E-state index in [4.69, 9.17) is 4.98 Å². The summed E-state index contributed by atoms with van der Waals surface area (Å²) in [7, 11) is 0. The number of hydrogen-bond acceptors (Lipinski definition) is 5. The van der Waals surface area contributed by atoms with Crippen molar-refractivity contribution < 1.29 is 4.92 Å². The van der Waals surface area contributed by atoms with E-state index < -0.39 is 4.92 Å². The van der Waals surface area contributed by atoms with Crippen LogP contribution in [0, 0.1) is 28.4 Å². The van der Waals surface area contributed by atoms with E-state index in [0.717, 1.165) is 22.4 Å². The molecule has 0 atom stereocenters. The number of nitrogens with zero attached hydrogens (tertiary/aromatic N) is 3. The first-order chi connectivity index (χ1) is 13.5. The molecular weight excluding hydrogens is 370 g/mol. The largest absolute Gasteiger partial charge is 0.277 e. The number of thioether (sulfide) groups is 1. The lowest BCUT2D eigenvalue weighted by atomic mass is 9.90. The highest BCUT2D eigenvalue weighted by Gasteiger charge is 2.25. The molecule has 0 aliphatic carbocycles. The van der Waals surface area contributed by atoms with Crippen molar-refractivity contribution in [2.45, 2.75) is 25.3 Å². The minimum Gasteiger partial charge on any atom is -0.258 e. The maximum atomic E-state index is 11.6. The molecule has 0 aliphatic rings. The first-order valence-electron chi connectivity index (χ1n) is 8.83. The average molecular weight is 389 g/mol. The van der Waals surface area contributed by atoms with Crippen molar-refractivity contribution in [1.82, 2.24) is 4.98 Å². The maximum Gasteiger partial charge on any atom is 0.277 e. The van der Waals surface area contributed by atoms with Crippen LogP contribution in [0.1, 0.15) is 23.6 Å². The number of pyridine rings is 1. The van der Waals surface area contributed by atoms with Crippen LogP contribution in [-0.4, -0.2) is 16.2 Å². The fourth-order valence-corrected chi connectivity index (χ4v) is 3.82. The number of nitro groups is 1. The third kappa shape index (κ3) is 3.49. The third-order valence-corrected chi connectivity index (χ3v) is 5.30. The molecule has 28 heavy (non-hydrogen) atoms. The number of hydrogen-bond donors (Lipinski definition) is 0. The van der Waals surface area contributed by atoms with Crippen LogP contribution in [0.3, 0.4) is 0 Å². The van der Waals surface area contributed by atoms with Gasteiger partial charge in [-0.1, -0.05) is 48.9 Å². The lowest BCUT2D eigenvalue weighted by molar-refractivity contribution is -0.384. The smallest absolute Gasteiger partial charge is 0.258 e. The fourth-order valence-electron chi connectivity index (χ4n) is 3.29. The van der Waals surface area contributed by atoms with Crippen LogP contribution in [0.4, 0.5) is 5.69 Å². The summed E-state index contributed by atoms with van der Waals surface area (Å²) in [5.74, 6) is 0. The van der Waals surface area contributed by atoms with Crippen molar-refractivity contribution in [2.75, 3.05) is 6.26 Å². The first kappa shape index (κ1) is 19.6. The van der Waals surface area contributed by atoms with E-state index in [2.05, 4.69) is 6.07 Å². The van der Waals surface area contributed by atoms with Gasteiger partial charge in [-0.05, 0) is 31.2 Å². The average Bonchev–Trinajstić information content (AvgIpc) is 2.72. The van der Waals surface area contributed by atoms with Crippen LogP contribution in [0.5, 0.6) is 0 Å². The summed E-state index contributed by atoms with van der Waals surface area (Å²) >= 11 is 1.37. The van der Waals surface area contributed by atoms with Crippen LogP contribution in [0.2, 0.25) is 0 Å². The predicted octanol–water partition coefficient (Wildman–Crippen LogP) is 5.79. The van der Waals surface area contributed by atoms with E-state index in [1.807, 2.05) is 44.4 Å². The van der Waals surface area contributed by atoms with Crippen molar-refractivity contribution in [3.63, 3.8) is 0 Å². The Kier molecular flexibility index (Phi) is 5.76. The van der Waals surface area contributed by atoms with Gasteiger partial charge >= 0.3 is 0 Å². The molecule has 0 spiro atoms. The van der Waals surface area contributed by atoms with Crippen LogP contribution >= 0.6 is 11.8 Å². The molecule has 1 heterocycles. The van der Waals surface area contributed by atoms with Gasteiger partial charge in [-0.3, -0.25) is 10.1 Å². The Morgan fingerprint density at radius 3 is 2.43 bits per heavy atom. The summed E-state index contributed by atoms with van der Waals surface area (Å²) in [6, 6.07) is 16.8. The molecular formula is C22H19N3O2S. The highest BCUT2D eigenvalue weighted by atomic mass is 32.2. The van der Waals surface area contributed by atoms with Crippen molar-refractivity contribution in [3.8, 4) is 28.5 Å². The van der Waals surface area contributed by atoms with Crippen molar-refractivity contribution >= 4 is 17.4 Å². The highest BCUT2D eigenvalue weighted by Crippen LogP contribution is 2.41. The van der Waals surface area contributed by atoms with Gasteiger partial charge in [-0.25, -0.2) is 4.98 Å². The maximum absolute atomic E-state index is 11.6. The quantitative estimate of drug-likeness (QED) is 0.313. The Balaban J connectivity index is 2.45. The van der Waals surface area contributed by atoms with Gasteiger partial charge in [-0.15, -0.1) is 11.8 Å². The summed E-state index contributed by atoms with van der Waals surface area (Å²) in [6.07, 6.45) is 2.46. The summed E-state index contributed by atoms with van der Waals surface area (Å²) < 4.78 is 0. The number of aromatic nitrogens is 1. The Hall–Kier alpha value is -3.17. The van der Waals surface area contributed by atoms with Gasteiger partial charge in [-0.2, -0.15) is 5.26 Å². The molecule has 0 N–H and O–H groups in total. The zero-order valence-electron chi connectivity index (χ0n) is 15.9. The van der Waals surface area contributed by atoms with E-state index in [1.54, 1.807) is 18.2 Å². The van der Waals surface area contributed by atoms with Gasteiger partial charge < -0.3 is 0 Å². The Morgan fingerprint density at radius 1 is 1.18 bits per heavy atom. The van der Waals surface area contributed by atoms with E-state index in [-0.39, 0.29) is 5.69 Å². The minimum atomic E-state index is -0.402. The van der Waals surface area contributed by atoms with Crippen molar-refractivity contribution in [2.24, 2.45) is 0 Å². The molecule has 5 nitrogen and oxygen atoms in total.